The summed E-state index contributed by atoms with van der Waals surface area (Å²) in [7, 11) is 0. The number of rotatable bonds is 27. The van der Waals surface area contributed by atoms with E-state index in [-0.39, 0.29) is 12.5 Å². The fraction of sp³-hybridized carbons (Fsp3) is 0.667. The summed E-state index contributed by atoms with van der Waals surface area (Å²) in [5.41, 5.74) is 0. The first-order chi connectivity index (χ1) is 23.3. The standard InChI is InChI=1S/C39H65NO8/c1-3-5-7-9-10-11-12-13-14-15-16-17-18-19-20-21-22-23-24-25-27-29-35(43)40-32(33(42)28-26-8-6-4-2)31-47-39-38(46)37(45)36(44)34(30-41)48-39/h5,7,10-11,13-14,16-17,19-20,26,28,32-34,36-39,41-42,44-46H,3-4,6,8-9,12,15,18,21-25,27,29-31H2,1-2H3,(H,40,43)/b7-5-,11-10-,14-13-,17-16-,20-19-,28-26+. The molecule has 0 saturated carbocycles. The number of aliphatic hydroxyl groups excluding tert-OH is 5. The van der Waals surface area contributed by atoms with E-state index in [1.165, 1.54) is 0 Å². The number of nitrogens with one attached hydrogen (secondary N) is 1. The summed E-state index contributed by atoms with van der Waals surface area (Å²) in [6, 6.07) is -0.814. The molecule has 0 spiro atoms. The number of carbonyl (C=O) groups excluding carboxylic acids is 1. The van der Waals surface area contributed by atoms with Crippen molar-refractivity contribution in [3.63, 3.8) is 0 Å². The summed E-state index contributed by atoms with van der Waals surface area (Å²) < 4.78 is 11.0. The van der Waals surface area contributed by atoms with E-state index in [0.717, 1.165) is 89.9 Å². The minimum absolute atomic E-state index is 0.205. The zero-order valence-electron chi connectivity index (χ0n) is 29.5. The molecule has 1 heterocycles. The lowest BCUT2D eigenvalue weighted by molar-refractivity contribution is -0.302. The molecule has 1 aliphatic rings. The first-order valence-corrected chi connectivity index (χ1v) is 18.2. The van der Waals surface area contributed by atoms with E-state index in [1.807, 2.05) is 6.08 Å². The molecule has 0 aromatic carbocycles. The predicted molar refractivity (Wildman–Crippen MR) is 193 cm³/mol. The number of ether oxygens (including phenoxy) is 2. The van der Waals surface area contributed by atoms with E-state index >= 15 is 0 Å². The van der Waals surface area contributed by atoms with Gasteiger partial charge in [0.1, 0.15) is 24.4 Å². The summed E-state index contributed by atoms with van der Waals surface area (Å²) in [5, 5.41) is 53.3. The molecule has 6 N–H and O–H groups in total. The first kappa shape index (κ1) is 43.7. The number of unbranched alkanes of at least 4 members (excludes halogenated alkanes) is 7. The molecule has 0 aliphatic carbocycles. The van der Waals surface area contributed by atoms with Gasteiger partial charge in [0.25, 0.3) is 0 Å². The van der Waals surface area contributed by atoms with Gasteiger partial charge in [-0.1, -0.05) is 119 Å². The van der Waals surface area contributed by atoms with Crippen molar-refractivity contribution < 1.29 is 39.8 Å². The van der Waals surface area contributed by atoms with Crippen molar-refractivity contribution in [3.05, 3.63) is 72.9 Å². The number of hydrogen-bond donors (Lipinski definition) is 6. The highest BCUT2D eigenvalue weighted by atomic mass is 16.7. The Balaban J connectivity index is 2.29. The van der Waals surface area contributed by atoms with Gasteiger partial charge in [0, 0.05) is 6.42 Å². The first-order valence-electron chi connectivity index (χ1n) is 18.2. The SMILES string of the molecule is CC/C=C\C/C=C\C/C=C\C/C=C\C/C=C\CCCCCCCC(=O)NC(COC1OC(CO)C(O)C(O)C1O)C(O)/C=C/CCCC. The quantitative estimate of drug-likeness (QED) is 0.0468. The third-order valence-electron chi connectivity index (χ3n) is 8.04. The van der Waals surface area contributed by atoms with Gasteiger partial charge in [-0.05, 0) is 57.8 Å². The van der Waals surface area contributed by atoms with Gasteiger partial charge in [-0.15, -0.1) is 0 Å². The molecule has 1 rings (SSSR count). The normalized spacial score (nSPS) is 23.5. The average Bonchev–Trinajstić information content (AvgIpc) is 3.08. The van der Waals surface area contributed by atoms with Gasteiger partial charge in [0.05, 0.1) is 25.4 Å². The maximum absolute atomic E-state index is 12.7. The molecule has 1 amide bonds. The fourth-order valence-corrected chi connectivity index (χ4v) is 5.05. The van der Waals surface area contributed by atoms with Crippen molar-refractivity contribution in [1.82, 2.24) is 5.32 Å². The van der Waals surface area contributed by atoms with Crippen LogP contribution in [0.1, 0.15) is 110 Å². The molecule has 274 valence electrons. The highest BCUT2D eigenvalue weighted by molar-refractivity contribution is 5.76. The van der Waals surface area contributed by atoms with Crippen LogP contribution in [0, 0.1) is 0 Å². The molecule has 7 atom stereocenters. The molecule has 1 saturated heterocycles. The Kier molecular flexibility index (Phi) is 26.9. The number of hydrogen-bond acceptors (Lipinski definition) is 8. The van der Waals surface area contributed by atoms with Gasteiger partial charge in [-0.2, -0.15) is 0 Å². The average molecular weight is 676 g/mol. The minimum atomic E-state index is -1.57. The van der Waals surface area contributed by atoms with Crippen molar-refractivity contribution in [3.8, 4) is 0 Å². The summed E-state index contributed by atoms with van der Waals surface area (Å²) in [6.07, 6.45) is 31.5. The van der Waals surface area contributed by atoms with Crippen LogP contribution >= 0.6 is 0 Å². The van der Waals surface area contributed by atoms with Crippen LogP contribution in [0.15, 0.2) is 72.9 Å². The molecule has 48 heavy (non-hydrogen) atoms. The van der Waals surface area contributed by atoms with Crippen LogP contribution in [0.4, 0.5) is 0 Å². The van der Waals surface area contributed by atoms with Gasteiger partial charge >= 0.3 is 0 Å². The van der Waals surface area contributed by atoms with E-state index in [9.17, 15) is 30.3 Å². The van der Waals surface area contributed by atoms with Gasteiger partial charge < -0.3 is 40.3 Å². The molecule has 7 unspecified atom stereocenters. The van der Waals surface area contributed by atoms with Crippen LogP contribution in [0.3, 0.4) is 0 Å². The van der Waals surface area contributed by atoms with Crippen LogP contribution in [0.25, 0.3) is 0 Å². The zero-order chi connectivity index (χ0) is 35.2. The Morgan fingerprint density at radius 1 is 0.729 bits per heavy atom. The largest absolute Gasteiger partial charge is 0.394 e. The second kappa shape index (κ2) is 29.5. The maximum atomic E-state index is 12.7. The number of carbonyl (C=O) groups is 1. The predicted octanol–water partition coefficient (Wildman–Crippen LogP) is 5.88. The highest BCUT2D eigenvalue weighted by Crippen LogP contribution is 2.22. The van der Waals surface area contributed by atoms with E-state index in [1.54, 1.807) is 6.08 Å². The van der Waals surface area contributed by atoms with Crippen molar-refractivity contribution in [2.75, 3.05) is 13.2 Å². The zero-order valence-corrected chi connectivity index (χ0v) is 29.5. The molecule has 0 bridgehead atoms. The van der Waals surface area contributed by atoms with Crippen molar-refractivity contribution in [2.45, 2.75) is 153 Å². The van der Waals surface area contributed by atoms with Crippen LogP contribution in [-0.2, 0) is 14.3 Å². The molecule has 9 heteroatoms. The van der Waals surface area contributed by atoms with E-state index in [0.29, 0.717) is 6.42 Å². The topological polar surface area (TPSA) is 149 Å². The molecular formula is C39H65NO8. The molecule has 0 aromatic heterocycles. The highest BCUT2D eigenvalue weighted by Gasteiger charge is 2.44. The lowest BCUT2D eigenvalue weighted by Crippen LogP contribution is -2.60. The van der Waals surface area contributed by atoms with E-state index in [2.05, 4.69) is 79.9 Å². The fourth-order valence-electron chi connectivity index (χ4n) is 5.05. The lowest BCUT2D eigenvalue weighted by Gasteiger charge is -2.40. The second-order valence-electron chi connectivity index (χ2n) is 12.3. The molecular weight excluding hydrogens is 610 g/mol. The summed E-state index contributed by atoms with van der Waals surface area (Å²) >= 11 is 0. The molecule has 0 radical (unpaired) electrons. The van der Waals surface area contributed by atoms with Crippen molar-refractivity contribution in [1.29, 1.82) is 0 Å². The van der Waals surface area contributed by atoms with Crippen LogP contribution in [0.5, 0.6) is 0 Å². The molecule has 1 fully saturated rings. The third-order valence-corrected chi connectivity index (χ3v) is 8.04. The number of allylic oxidation sites excluding steroid dienone is 11. The Labute approximate surface area is 289 Å². The number of amides is 1. The van der Waals surface area contributed by atoms with Crippen molar-refractivity contribution >= 4 is 5.91 Å². The third kappa shape index (κ3) is 20.9. The molecule has 1 aliphatic heterocycles. The van der Waals surface area contributed by atoms with Crippen molar-refractivity contribution in [2.24, 2.45) is 0 Å². The number of aliphatic hydroxyl groups is 5. The lowest BCUT2D eigenvalue weighted by atomic mass is 9.99. The molecule has 0 aromatic rings. The van der Waals surface area contributed by atoms with Crippen LogP contribution in [0.2, 0.25) is 0 Å². The van der Waals surface area contributed by atoms with E-state index in [4.69, 9.17) is 9.47 Å². The Morgan fingerprint density at radius 2 is 1.29 bits per heavy atom. The van der Waals surface area contributed by atoms with Gasteiger partial charge in [-0.3, -0.25) is 4.79 Å². The summed E-state index contributed by atoms with van der Waals surface area (Å²) in [5.74, 6) is -0.211. The smallest absolute Gasteiger partial charge is 0.220 e. The van der Waals surface area contributed by atoms with Gasteiger partial charge in [0.15, 0.2) is 6.29 Å². The summed E-state index contributed by atoms with van der Waals surface area (Å²) in [6.45, 7) is 3.44. The Bertz CT molecular complexity index is 973. The van der Waals surface area contributed by atoms with E-state index < -0.39 is 49.5 Å². The van der Waals surface area contributed by atoms with Gasteiger partial charge in [0.2, 0.25) is 5.91 Å². The Morgan fingerprint density at radius 3 is 1.90 bits per heavy atom. The maximum Gasteiger partial charge on any atom is 0.220 e. The van der Waals surface area contributed by atoms with Crippen LogP contribution < -0.4 is 5.32 Å². The Hall–Kier alpha value is -2.37. The second-order valence-corrected chi connectivity index (χ2v) is 12.3. The van der Waals surface area contributed by atoms with Gasteiger partial charge in [-0.25, -0.2) is 0 Å². The monoisotopic (exact) mass is 675 g/mol. The molecule has 9 nitrogen and oxygen atoms in total. The minimum Gasteiger partial charge on any atom is -0.394 e. The van der Waals surface area contributed by atoms with Crippen LogP contribution in [-0.4, -0.2) is 87.5 Å². The summed E-state index contributed by atoms with van der Waals surface area (Å²) in [4.78, 5) is 12.7.